The number of hydrogen-bond donors (Lipinski definition) is 1. The van der Waals surface area contributed by atoms with Crippen molar-refractivity contribution in [3.8, 4) is 0 Å². The van der Waals surface area contributed by atoms with Gasteiger partial charge in [-0.1, -0.05) is 5.11 Å². The van der Waals surface area contributed by atoms with Gasteiger partial charge in [0.05, 0.1) is 6.04 Å². The van der Waals surface area contributed by atoms with Gasteiger partial charge in [-0.3, -0.25) is 4.98 Å². The molecule has 0 saturated carbocycles. The van der Waals surface area contributed by atoms with Gasteiger partial charge in [0.15, 0.2) is 0 Å². The van der Waals surface area contributed by atoms with Crippen LogP contribution in [0.3, 0.4) is 0 Å². The van der Waals surface area contributed by atoms with Gasteiger partial charge in [0.2, 0.25) is 0 Å². The summed E-state index contributed by atoms with van der Waals surface area (Å²) in [6.07, 6.45) is 2.89. The normalized spacial score (nSPS) is 14.8. The summed E-state index contributed by atoms with van der Waals surface area (Å²) in [7, 11) is 0. The molecule has 1 heterocycles. The number of halogens is 3. The molecule has 114 valence electrons. The van der Waals surface area contributed by atoms with E-state index in [2.05, 4.69) is 30.9 Å². The summed E-state index contributed by atoms with van der Waals surface area (Å²) in [4.78, 5) is 6.62. The third-order valence-corrected chi connectivity index (χ3v) is 3.65. The minimum absolute atomic E-state index is 0.301. The Kier molecular flexibility index (Phi) is 4.75. The van der Waals surface area contributed by atoms with E-state index in [0.29, 0.717) is 10.0 Å². The molecule has 0 fully saturated rings. The van der Waals surface area contributed by atoms with Gasteiger partial charge in [-0.05, 0) is 58.2 Å². The van der Waals surface area contributed by atoms with Gasteiger partial charge in [0.1, 0.15) is 17.2 Å². The topological polar surface area (TPSA) is 81.9 Å². The number of aromatic nitrogens is 1. The lowest BCUT2D eigenvalue weighted by atomic mass is 9.84. The van der Waals surface area contributed by atoms with Crippen LogP contribution in [-0.2, 0) is 5.60 Å². The molecule has 2 rings (SSSR count). The zero-order valence-electron chi connectivity index (χ0n) is 11.4. The summed E-state index contributed by atoms with van der Waals surface area (Å²) in [5.41, 5.74) is 6.85. The lowest BCUT2D eigenvalue weighted by Crippen LogP contribution is -2.30. The Labute approximate surface area is 133 Å². The summed E-state index contributed by atoms with van der Waals surface area (Å²) in [5, 5.41) is 14.2. The van der Waals surface area contributed by atoms with Crippen LogP contribution in [0.4, 0.5) is 8.78 Å². The molecule has 2 atom stereocenters. The fourth-order valence-electron chi connectivity index (χ4n) is 2.17. The molecule has 0 aliphatic carbocycles. The van der Waals surface area contributed by atoms with Crippen LogP contribution < -0.4 is 0 Å². The van der Waals surface area contributed by atoms with Gasteiger partial charge >= 0.3 is 0 Å². The molecule has 0 bridgehead atoms. The second-order valence-corrected chi connectivity index (χ2v) is 5.73. The molecule has 0 aliphatic rings. The highest BCUT2D eigenvalue weighted by Gasteiger charge is 2.37. The molecule has 5 nitrogen and oxygen atoms in total. The molecular formula is C14H11BrF2N4O. The first-order valence-electron chi connectivity index (χ1n) is 6.19. The van der Waals surface area contributed by atoms with Crippen molar-refractivity contribution < 1.29 is 13.9 Å². The van der Waals surface area contributed by atoms with Crippen LogP contribution in [0, 0.1) is 11.6 Å². The Morgan fingerprint density at radius 3 is 2.73 bits per heavy atom. The van der Waals surface area contributed by atoms with E-state index in [9.17, 15) is 13.9 Å². The highest BCUT2D eigenvalue weighted by Crippen LogP contribution is 2.39. The summed E-state index contributed by atoms with van der Waals surface area (Å²) >= 11 is 3.22. The highest BCUT2D eigenvalue weighted by molar-refractivity contribution is 9.10. The monoisotopic (exact) mass is 368 g/mol. The molecule has 0 aliphatic heterocycles. The average molecular weight is 369 g/mol. The van der Waals surface area contributed by atoms with Crippen LogP contribution >= 0.6 is 15.9 Å². The molecule has 2 aromatic rings. The fraction of sp³-hybridized carbons (Fsp3) is 0.214. The van der Waals surface area contributed by atoms with Crippen molar-refractivity contribution in [1.29, 1.82) is 0 Å². The average Bonchev–Trinajstić information content (AvgIpc) is 2.47. The van der Waals surface area contributed by atoms with Crippen molar-refractivity contribution >= 4 is 15.9 Å². The van der Waals surface area contributed by atoms with Crippen LogP contribution in [0.1, 0.15) is 24.1 Å². The largest absolute Gasteiger partial charge is 0.385 e. The molecule has 0 amide bonds. The predicted molar refractivity (Wildman–Crippen MR) is 79.8 cm³/mol. The van der Waals surface area contributed by atoms with Gasteiger partial charge in [-0.2, -0.15) is 0 Å². The maximum atomic E-state index is 14.0. The number of rotatable bonds is 4. The van der Waals surface area contributed by atoms with Crippen molar-refractivity contribution in [3.63, 3.8) is 0 Å². The molecule has 1 aromatic heterocycles. The summed E-state index contributed by atoms with van der Waals surface area (Å²) < 4.78 is 28.0. The Bertz CT molecular complexity index is 747. The lowest BCUT2D eigenvalue weighted by molar-refractivity contribution is 0.0245. The van der Waals surface area contributed by atoms with Crippen LogP contribution in [-0.4, -0.2) is 10.1 Å². The molecule has 8 heteroatoms. The Balaban J connectivity index is 2.60. The van der Waals surface area contributed by atoms with Crippen LogP contribution in [0.25, 0.3) is 10.4 Å². The number of aliphatic hydroxyl groups is 1. The van der Waals surface area contributed by atoms with Crippen LogP contribution in [0.5, 0.6) is 0 Å². The second-order valence-electron chi connectivity index (χ2n) is 4.82. The maximum Gasteiger partial charge on any atom is 0.129 e. The van der Waals surface area contributed by atoms with E-state index >= 15 is 0 Å². The van der Waals surface area contributed by atoms with Gasteiger partial charge in [0, 0.05) is 27.3 Å². The first-order valence-corrected chi connectivity index (χ1v) is 6.98. The van der Waals surface area contributed by atoms with E-state index in [-0.39, 0.29) is 5.56 Å². The van der Waals surface area contributed by atoms with Gasteiger partial charge in [0.25, 0.3) is 0 Å². The Morgan fingerprint density at radius 1 is 1.36 bits per heavy atom. The Hall–Kier alpha value is -2.02. The van der Waals surface area contributed by atoms with Crippen LogP contribution in [0.2, 0.25) is 0 Å². The summed E-state index contributed by atoms with van der Waals surface area (Å²) in [5.74, 6) is -1.50. The second kappa shape index (κ2) is 6.39. The smallest absolute Gasteiger partial charge is 0.129 e. The third-order valence-electron chi connectivity index (χ3n) is 3.22. The van der Waals surface area contributed by atoms with E-state index in [4.69, 9.17) is 5.53 Å². The molecule has 1 N–H and O–H groups in total. The van der Waals surface area contributed by atoms with E-state index in [1.165, 1.54) is 19.3 Å². The molecule has 1 unspecified atom stereocenters. The standard InChI is InChI=1S/C14H11BrF2N4O/c1-14(22,11-5-10(16)2-3-12(11)17)13(20-21-18)8-4-9(15)7-19-6-8/h2-7,13,22H,1H3/t13-,14?/m1/s1. The van der Waals surface area contributed by atoms with E-state index in [1.807, 2.05) is 0 Å². The summed E-state index contributed by atoms with van der Waals surface area (Å²) in [6, 6.07) is 3.13. The SMILES string of the molecule is CC(O)(c1cc(F)ccc1F)[C@H](N=[N+]=[N-])c1cncc(Br)c1. The number of hydrogen-bond acceptors (Lipinski definition) is 3. The third kappa shape index (κ3) is 3.24. The number of benzene rings is 1. The molecular weight excluding hydrogens is 358 g/mol. The zero-order valence-corrected chi connectivity index (χ0v) is 13.0. The summed E-state index contributed by atoms with van der Waals surface area (Å²) in [6.45, 7) is 1.26. The molecule has 0 spiro atoms. The first-order chi connectivity index (χ1) is 10.4. The number of azide groups is 1. The Morgan fingerprint density at radius 2 is 2.09 bits per heavy atom. The fourth-order valence-corrected chi connectivity index (χ4v) is 2.55. The number of nitrogens with zero attached hydrogens (tertiary/aromatic N) is 4. The molecule has 22 heavy (non-hydrogen) atoms. The lowest BCUT2D eigenvalue weighted by Gasteiger charge is -2.30. The van der Waals surface area contributed by atoms with Gasteiger partial charge < -0.3 is 5.11 Å². The van der Waals surface area contributed by atoms with E-state index in [0.717, 1.165) is 18.2 Å². The van der Waals surface area contributed by atoms with Crippen molar-refractivity contribution in [1.82, 2.24) is 4.98 Å². The predicted octanol–water partition coefficient (Wildman–Crippen LogP) is 4.38. The van der Waals surface area contributed by atoms with Crippen molar-refractivity contribution in [2.45, 2.75) is 18.6 Å². The van der Waals surface area contributed by atoms with E-state index < -0.39 is 23.3 Å². The van der Waals surface area contributed by atoms with E-state index in [1.54, 1.807) is 6.07 Å². The molecule has 0 saturated heterocycles. The van der Waals surface area contributed by atoms with Crippen molar-refractivity contribution in [2.24, 2.45) is 5.11 Å². The quantitative estimate of drug-likeness (QED) is 0.493. The molecule has 0 radical (unpaired) electrons. The first kappa shape index (κ1) is 16.4. The van der Waals surface area contributed by atoms with Gasteiger partial charge in [-0.15, -0.1) is 0 Å². The maximum absolute atomic E-state index is 14.0. The van der Waals surface area contributed by atoms with Crippen molar-refractivity contribution in [2.75, 3.05) is 0 Å². The number of pyridine rings is 1. The minimum atomic E-state index is -1.96. The van der Waals surface area contributed by atoms with Crippen LogP contribution in [0.15, 0.2) is 46.2 Å². The minimum Gasteiger partial charge on any atom is -0.385 e. The van der Waals surface area contributed by atoms with Crippen molar-refractivity contribution in [3.05, 3.63) is 74.3 Å². The van der Waals surface area contributed by atoms with Gasteiger partial charge in [-0.25, -0.2) is 8.78 Å². The zero-order chi connectivity index (χ0) is 16.3. The highest BCUT2D eigenvalue weighted by atomic mass is 79.9. The molecule has 1 aromatic carbocycles.